The van der Waals surface area contributed by atoms with Crippen molar-refractivity contribution in [1.29, 1.82) is 0 Å². The van der Waals surface area contributed by atoms with Crippen LogP contribution in [0.25, 0.3) is 0 Å². The minimum absolute atomic E-state index is 0.284. The van der Waals surface area contributed by atoms with Crippen LogP contribution in [0.1, 0.15) is 35.5 Å². The number of nitrogens with zero attached hydrogens (tertiary/aromatic N) is 1. The minimum Gasteiger partial charge on any atom is -0.493 e. The number of nitrogens with one attached hydrogen (secondary N) is 1. The lowest BCUT2D eigenvalue weighted by Gasteiger charge is -2.19. The van der Waals surface area contributed by atoms with Crippen molar-refractivity contribution in [3.63, 3.8) is 0 Å². The molecule has 1 atom stereocenters. The van der Waals surface area contributed by atoms with Gasteiger partial charge in [-0.25, -0.2) is 4.98 Å². The molecule has 0 radical (unpaired) electrons. The first-order valence-electron chi connectivity index (χ1n) is 7.03. The number of aryl methyl sites for hydroxylation is 1. The third-order valence-corrected chi connectivity index (χ3v) is 4.51. The van der Waals surface area contributed by atoms with Crippen LogP contribution in [0.2, 0.25) is 0 Å². The number of thiazole rings is 1. The molecule has 5 heteroatoms. The third kappa shape index (κ3) is 3.74. The van der Waals surface area contributed by atoms with Crippen LogP contribution in [0.4, 0.5) is 0 Å². The van der Waals surface area contributed by atoms with Gasteiger partial charge in [0.2, 0.25) is 0 Å². The molecule has 1 N–H and O–H groups in total. The number of hydrogen-bond donors (Lipinski definition) is 1. The smallest absolute Gasteiger partial charge is 0.161 e. The number of rotatable bonds is 7. The average molecular weight is 306 g/mol. The molecule has 114 valence electrons. The highest BCUT2D eigenvalue weighted by Gasteiger charge is 2.13. The Balaban J connectivity index is 2.12. The second-order valence-corrected chi connectivity index (χ2v) is 5.76. The molecule has 0 fully saturated rings. The summed E-state index contributed by atoms with van der Waals surface area (Å²) in [7, 11) is 3.32. The molecule has 0 spiro atoms. The highest BCUT2D eigenvalue weighted by molar-refractivity contribution is 7.09. The SMILES string of the molecule is CCC(NCc1scnc1C)c1ccc(OC)c(OC)c1. The van der Waals surface area contributed by atoms with Crippen molar-refractivity contribution >= 4 is 11.3 Å². The van der Waals surface area contributed by atoms with Gasteiger partial charge in [-0.15, -0.1) is 11.3 Å². The van der Waals surface area contributed by atoms with Crippen LogP contribution in [-0.2, 0) is 6.54 Å². The molecule has 0 saturated carbocycles. The van der Waals surface area contributed by atoms with E-state index in [1.54, 1.807) is 25.6 Å². The topological polar surface area (TPSA) is 43.4 Å². The summed E-state index contributed by atoms with van der Waals surface area (Å²) in [4.78, 5) is 5.57. The Labute approximate surface area is 130 Å². The first-order chi connectivity index (χ1) is 10.2. The van der Waals surface area contributed by atoms with Crippen LogP contribution in [0, 0.1) is 6.92 Å². The molecule has 2 rings (SSSR count). The molecule has 1 unspecified atom stereocenters. The summed E-state index contributed by atoms with van der Waals surface area (Å²) in [6.45, 7) is 5.06. The van der Waals surface area contributed by atoms with Crippen LogP contribution in [0.5, 0.6) is 11.5 Å². The van der Waals surface area contributed by atoms with E-state index in [9.17, 15) is 0 Å². The highest BCUT2D eigenvalue weighted by atomic mass is 32.1. The number of methoxy groups -OCH3 is 2. The fourth-order valence-corrected chi connectivity index (χ4v) is 3.01. The van der Waals surface area contributed by atoms with Crippen molar-refractivity contribution < 1.29 is 9.47 Å². The monoisotopic (exact) mass is 306 g/mol. The molecular formula is C16H22N2O2S. The van der Waals surface area contributed by atoms with Crippen molar-refractivity contribution in [3.05, 3.63) is 39.8 Å². The summed E-state index contributed by atoms with van der Waals surface area (Å²) in [6, 6.07) is 6.36. The maximum absolute atomic E-state index is 5.38. The second-order valence-electron chi connectivity index (χ2n) is 4.82. The van der Waals surface area contributed by atoms with E-state index in [1.165, 1.54) is 10.4 Å². The summed E-state index contributed by atoms with van der Waals surface area (Å²) in [5.74, 6) is 1.53. The zero-order chi connectivity index (χ0) is 15.2. The van der Waals surface area contributed by atoms with E-state index in [1.807, 2.05) is 24.6 Å². The summed E-state index contributed by atoms with van der Waals surface area (Å²) < 4.78 is 10.7. The Morgan fingerprint density at radius 2 is 2.00 bits per heavy atom. The van der Waals surface area contributed by atoms with Gasteiger partial charge in [-0.05, 0) is 31.0 Å². The summed E-state index contributed by atoms with van der Waals surface area (Å²) in [5, 5.41) is 3.59. The molecule has 0 saturated heterocycles. The van der Waals surface area contributed by atoms with Gasteiger partial charge >= 0.3 is 0 Å². The van der Waals surface area contributed by atoms with Gasteiger partial charge in [0.25, 0.3) is 0 Å². The van der Waals surface area contributed by atoms with Crippen LogP contribution in [0.3, 0.4) is 0 Å². The van der Waals surface area contributed by atoms with Gasteiger partial charge in [-0.3, -0.25) is 0 Å². The van der Waals surface area contributed by atoms with Gasteiger partial charge in [0, 0.05) is 17.5 Å². The summed E-state index contributed by atoms with van der Waals surface area (Å²) in [5.41, 5.74) is 4.20. The lowest BCUT2D eigenvalue weighted by Crippen LogP contribution is -2.20. The van der Waals surface area contributed by atoms with E-state index in [-0.39, 0.29) is 6.04 Å². The molecule has 21 heavy (non-hydrogen) atoms. The van der Waals surface area contributed by atoms with E-state index in [0.29, 0.717) is 0 Å². The Bertz CT molecular complexity index is 583. The molecule has 0 bridgehead atoms. The molecule has 0 aliphatic rings. The van der Waals surface area contributed by atoms with Crippen molar-refractivity contribution in [2.24, 2.45) is 0 Å². The quantitative estimate of drug-likeness (QED) is 0.847. The van der Waals surface area contributed by atoms with Gasteiger partial charge in [0.15, 0.2) is 11.5 Å². The first-order valence-corrected chi connectivity index (χ1v) is 7.91. The molecule has 0 amide bonds. The van der Waals surface area contributed by atoms with Crippen molar-refractivity contribution in [3.8, 4) is 11.5 Å². The second kappa shape index (κ2) is 7.43. The van der Waals surface area contributed by atoms with Crippen molar-refractivity contribution in [2.45, 2.75) is 32.9 Å². The summed E-state index contributed by atoms with van der Waals surface area (Å²) >= 11 is 1.69. The fourth-order valence-electron chi connectivity index (χ4n) is 2.28. The van der Waals surface area contributed by atoms with Gasteiger partial charge in [0.1, 0.15) is 0 Å². The van der Waals surface area contributed by atoms with Gasteiger partial charge in [0.05, 0.1) is 25.4 Å². The fraction of sp³-hybridized carbons (Fsp3) is 0.438. The molecule has 0 aliphatic carbocycles. The van der Waals surface area contributed by atoms with Gasteiger partial charge in [-0.2, -0.15) is 0 Å². The Hall–Kier alpha value is -1.59. The molecule has 4 nitrogen and oxygen atoms in total. The zero-order valence-electron chi connectivity index (χ0n) is 13.0. The van der Waals surface area contributed by atoms with E-state index in [0.717, 1.165) is 30.2 Å². The lowest BCUT2D eigenvalue weighted by molar-refractivity contribution is 0.353. The third-order valence-electron chi connectivity index (χ3n) is 3.57. The molecule has 1 heterocycles. The number of hydrogen-bond acceptors (Lipinski definition) is 5. The van der Waals surface area contributed by atoms with Crippen molar-refractivity contribution in [2.75, 3.05) is 14.2 Å². The average Bonchev–Trinajstić information content (AvgIpc) is 2.93. The number of benzene rings is 1. The van der Waals surface area contributed by atoms with Crippen molar-refractivity contribution in [1.82, 2.24) is 10.3 Å². The largest absolute Gasteiger partial charge is 0.493 e. The number of aromatic nitrogens is 1. The molecule has 1 aromatic carbocycles. The van der Waals surface area contributed by atoms with E-state index in [2.05, 4.69) is 23.3 Å². The number of ether oxygens (including phenoxy) is 2. The standard InChI is InChI=1S/C16H22N2O2S/c1-5-13(17-9-16-11(2)18-10-21-16)12-6-7-14(19-3)15(8-12)20-4/h6-8,10,13,17H,5,9H2,1-4H3. The van der Waals surface area contributed by atoms with Gasteiger partial charge < -0.3 is 14.8 Å². The molecule has 0 aliphatic heterocycles. The zero-order valence-corrected chi connectivity index (χ0v) is 13.8. The minimum atomic E-state index is 0.284. The highest BCUT2D eigenvalue weighted by Crippen LogP contribution is 2.31. The van der Waals surface area contributed by atoms with E-state index in [4.69, 9.17) is 9.47 Å². The predicted octanol–water partition coefficient (Wildman–Crippen LogP) is 3.71. The normalized spacial score (nSPS) is 12.2. The Morgan fingerprint density at radius 1 is 1.24 bits per heavy atom. The van der Waals surface area contributed by atoms with Crippen LogP contribution in [-0.4, -0.2) is 19.2 Å². The Kier molecular flexibility index (Phi) is 5.59. The molecule has 1 aromatic heterocycles. The van der Waals surface area contributed by atoms with Gasteiger partial charge in [-0.1, -0.05) is 13.0 Å². The van der Waals surface area contributed by atoms with Crippen LogP contribution < -0.4 is 14.8 Å². The van der Waals surface area contributed by atoms with E-state index < -0.39 is 0 Å². The summed E-state index contributed by atoms with van der Waals surface area (Å²) in [6.07, 6.45) is 1.01. The van der Waals surface area contributed by atoms with E-state index >= 15 is 0 Å². The first kappa shape index (κ1) is 15.8. The maximum atomic E-state index is 5.38. The molecular weight excluding hydrogens is 284 g/mol. The van der Waals surface area contributed by atoms with Crippen LogP contribution >= 0.6 is 11.3 Å². The lowest BCUT2D eigenvalue weighted by atomic mass is 10.0. The maximum Gasteiger partial charge on any atom is 0.161 e. The predicted molar refractivity (Wildman–Crippen MR) is 86.3 cm³/mol. The van der Waals surface area contributed by atoms with Crippen LogP contribution in [0.15, 0.2) is 23.7 Å². The Morgan fingerprint density at radius 3 is 2.57 bits per heavy atom. The molecule has 2 aromatic rings.